The van der Waals surface area contributed by atoms with Crippen LogP contribution in [0.4, 0.5) is 5.69 Å². The van der Waals surface area contributed by atoms with E-state index in [0.29, 0.717) is 12.2 Å². The summed E-state index contributed by atoms with van der Waals surface area (Å²) < 4.78 is 25.9. The zero-order valence-electron chi connectivity index (χ0n) is 16.4. The highest BCUT2D eigenvalue weighted by Gasteiger charge is 2.29. The number of nitrogens with one attached hydrogen (secondary N) is 1. The third-order valence-corrected chi connectivity index (χ3v) is 5.58. The molecule has 146 valence electrons. The molecule has 1 N–H and O–H groups in total. The molecule has 27 heavy (non-hydrogen) atoms. The van der Waals surface area contributed by atoms with Crippen LogP contribution >= 0.6 is 0 Å². The Kier molecular flexibility index (Phi) is 7.02. The molecule has 0 heterocycles. The molecule has 0 unspecified atom stereocenters. The number of rotatable bonds is 8. The van der Waals surface area contributed by atoms with Crippen LogP contribution in [0.15, 0.2) is 48.5 Å². The van der Waals surface area contributed by atoms with Crippen LogP contribution in [0.5, 0.6) is 0 Å². The van der Waals surface area contributed by atoms with Gasteiger partial charge in [-0.3, -0.25) is 9.10 Å². The van der Waals surface area contributed by atoms with Crippen molar-refractivity contribution in [1.82, 2.24) is 5.32 Å². The van der Waals surface area contributed by atoms with Crippen molar-refractivity contribution in [2.75, 3.05) is 17.1 Å². The van der Waals surface area contributed by atoms with Gasteiger partial charge in [0.05, 0.1) is 11.9 Å². The smallest absolute Gasteiger partial charge is 0.243 e. The average Bonchev–Trinajstić information content (AvgIpc) is 2.57. The molecule has 0 spiro atoms. The fourth-order valence-electron chi connectivity index (χ4n) is 3.18. The average molecular weight is 389 g/mol. The molecule has 1 amide bonds. The van der Waals surface area contributed by atoms with Gasteiger partial charge in [0.25, 0.3) is 0 Å². The topological polar surface area (TPSA) is 66.5 Å². The predicted molar refractivity (Wildman–Crippen MR) is 110 cm³/mol. The van der Waals surface area contributed by atoms with Crippen LogP contribution < -0.4 is 9.62 Å². The van der Waals surface area contributed by atoms with Crippen LogP contribution in [0.3, 0.4) is 0 Å². The molecule has 2 rings (SSSR count). The number of carbonyl (C=O) groups is 1. The van der Waals surface area contributed by atoms with E-state index >= 15 is 0 Å². The molecular weight excluding hydrogens is 360 g/mol. The molecule has 0 bridgehead atoms. The second-order valence-electron chi connectivity index (χ2n) is 6.96. The van der Waals surface area contributed by atoms with Crippen molar-refractivity contribution < 1.29 is 13.2 Å². The Hall–Kier alpha value is -2.34. The van der Waals surface area contributed by atoms with E-state index in [1.807, 2.05) is 38.1 Å². The minimum atomic E-state index is -3.60. The molecule has 1 atom stereocenters. The lowest BCUT2D eigenvalue weighted by molar-refractivity contribution is -0.121. The van der Waals surface area contributed by atoms with Crippen molar-refractivity contribution in [1.29, 1.82) is 0 Å². The molecule has 5 nitrogen and oxygen atoms in total. The highest BCUT2D eigenvalue weighted by atomic mass is 32.2. The van der Waals surface area contributed by atoms with Crippen molar-refractivity contribution in [3.8, 4) is 0 Å². The zero-order valence-corrected chi connectivity index (χ0v) is 17.2. The minimum Gasteiger partial charge on any atom is -0.354 e. The number of amides is 1. The van der Waals surface area contributed by atoms with Crippen LogP contribution in [-0.2, 0) is 21.2 Å². The predicted octanol–water partition coefficient (Wildman–Crippen LogP) is 3.21. The van der Waals surface area contributed by atoms with Crippen LogP contribution in [0.2, 0.25) is 0 Å². The number of aryl methyl sites for hydroxylation is 3. The second-order valence-corrected chi connectivity index (χ2v) is 8.82. The molecule has 0 aliphatic carbocycles. The molecule has 0 fully saturated rings. The molecule has 2 aromatic carbocycles. The number of hydrogen-bond donors (Lipinski definition) is 1. The van der Waals surface area contributed by atoms with Crippen molar-refractivity contribution >= 4 is 21.6 Å². The number of benzene rings is 2. The summed E-state index contributed by atoms with van der Waals surface area (Å²) in [6, 6.07) is 14.8. The van der Waals surface area contributed by atoms with Gasteiger partial charge in [-0.2, -0.15) is 0 Å². The van der Waals surface area contributed by atoms with E-state index in [9.17, 15) is 13.2 Å². The van der Waals surface area contributed by atoms with Crippen molar-refractivity contribution in [3.05, 3.63) is 65.2 Å². The van der Waals surface area contributed by atoms with Crippen LogP contribution in [-0.4, -0.2) is 33.2 Å². The fraction of sp³-hybridized carbons (Fsp3) is 0.381. The van der Waals surface area contributed by atoms with Gasteiger partial charge in [-0.15, -0.1) is 0 Å². The molecular formula is C21H28N2O3S. The van der Waals surface area contributed by atoms with Crippen LogP contribution in [0.25, 0.3) is 0 Å². The Bertz CT molecular complexity index is 859. The van der Waals surface area contributed by atoms with Gasteiger partial charge < -0.3 is 5.32 Å². The standard InChI is InChI=1S/C21H28N2O3S/c1-16-13-17(2)15-20(14-16)23(27(4,25)26)18(3)21(24)22-12-8-11-19-9-6-5-7-10-19/h5-7,9-10,13-15,18H,8,11-12H2,1-4H3,(H,22,24)/t18-/m1/s1. The van der Waals surface area contributed by atoms with Crippen LogP contribution in [0, 0.1) is 13.8 Å². The molecule has 6 heteroatoms. The number of anilines is 1. The summed E-state index contributed by atoms with van der Waals surface area (Å²) in [5, 5.41) is 2.86. The van der Waals surface area contributed by atoms with E-state index in [4.69, 9.17) is 0 Å². The van der Waals surface area contributed by atoms with Crippen LogP contribution in [0.1, 0.15) is 30.0 Å². The summed E-state index contributed by atoms with van der Waals surface area (Å²) in [4.78, 5) is 12.6. The maximum Gasteiger partial charge on any atom is 0.243 e. The first-order valence-corrected chi connectivity index (χ1v) is 10.9. The SMILES string of the molecule is Cc1cc(C)cc(N([C@H](C)C(=O)NCCCc2ccccc2)S(C)(=O)=O)c1. The normalized spacial score (nSPS) is 12.4. The van der Waals surface area contributed by atoms with E-state index in [1.165, 1.54) is 9.87 Å². The maximum absolute atomic E-state index is 12.6. The van der Waals surface area contributed by atoms with E-state index in [2.05, 4.69) is 17.4 Å². The number of hydrogen-bond acceptors (Lipinski definition) is 3. The van der Waals surface area contributed by atoms with Crippen molar-refractivity contribution in [3.63, 3.8) is 0 Å². The van der Waals surface area contributed by atoms with Gasteiger partial charge in [-0.1, -0.05) is 36.4 Å². The summed E-state index contributed by atoms with van der Waals surface area (Å²) in [6.07, 6.45) is 2.79. The van der Waals surface area contributed by atoms with Gasteiger partial charge in [0, 0.05) is 6.54 Å². The van der Waals surface area contributed by atoms with Gasteiger partial charge in [0.15, 0.2) is 0 Å². The monoisotopic (exact) mass is 388 g/mol. The van der Waals surface area contributed by atoms with Gasteiger partial charge >= 0.3 is 0 Å². The van der Waals surface area contributed by atoms with E-state index in [0.717, 1.165) is 30.2 Å². The largest absolute Gasteiger partial charge is 0.354 e. The lowest BCUT2D eigenvalue weighted by Crippen LogP contribution is -2.48. The summed E-state index contributed by atoms with van der Waals surface area (Å²) in [5.74, 6) is -0.298. The Morgan fingerprint density at radius 1 is 1.07 bits per heavy atom. The van der Waals surface area contributed by atoms with Crippen molar-refractivity contribution in [2.45, 2.75) is 39.7 Å². The number of carbonyl (C=O) groups excluding carboxylic acids is 1. The zero-order chi connectivity index (χ0) is 20.0. The van der Waals surface area contributed by atoms with Gasteiger partial charge in [-0.05, 0) is 62.4 Å². The quantitative estimate of drug-likeness (QED) is 0.706. The summed E-state index contributed by atoms with van der Waals surface area (Å²) in [5.41, 5.74) is 3.64. The highest BCUT2D eigenvalue weighted by molar-refractivity contribution is 7.92. The summed E-state index contributed by atoms with van der Waals surface area (Å²) in [7, 11) is -3.60. The molecule has 0 saturated heterocycles. The second kappa shape index (κ2) is 9.04. The first-order valence-electron chi connectivity index (χ1n) is 9.08. The van der Waals surface area contributed by atoms with E-state index in [-0.39, 0.29) is 5.91 Å². The Labute approximate surface area is 162 Å². The van der Waals surface area contributed by atoms with E-state index < -0.39 is 16.1 Å². The molecule has 0 aliphatic rings. The third kappa shape index (κ3) is 6.10. The first-order chi connectivity index (χ1) is 12.7. The maximum atomic E-state index is 12.6. The third-order valence-electron chi connectivity index (χ3n) is 4.33. The Morgan fingerprint density at radius 3 is 2.22 bits per heavy atom. The number of sulfonamides is 1. The number of nitrogens with zero attached hydrogens (tertiary/aromatic N) is 1. The first kappa shape index (κ1) is 21.0. The summed E-state index contributed by atoms with van der Waals surface area (Å²) in [6.45, 7) is 5.93. The molecule has 0 aromatic heterocycles. The van der Waals surface area contributed by atoms with Gasteiger partial charge in [0.2, 0.25) is 15.9 Å². The summed E-state index contributed by atoms with van der Waals surface area (Å²) >= 11 is 0. The highest BCUT2D eigenvalue weighted by Crippen LogP contribution is 2.23. The van der Waals surface area contributed by atoms with Crippen molar-refractivity contribution in [2.24, 2.45) is 0 Å². The lowest BCUT2D eigenvalue weighted by atomic mass is 10.1. The molecule has 2 aromatic rings. The molecule has 0 radical (unpaired) electrons. The Morgan fingerprint density at radius 2 is 1.67 bits per heavy atom. The molecule has 0 aliphatic heterocycles. The fourth-order valence-corrected chi connectivity index (χ4v) is 4.34. The lowest BCUT2D eigenvalue weighted by Gasteiger charge is -2.28. The van der Waals surface area contributed by atoms with E-state index in [1.54, 1.807) is 19.1 Å². The Balaban J connectivity index is 2.04. The molecule has 0 saturated carbocycles. The minimum absolute atomic E-state index is 0.298. The van der Waals surface area contributed by atoms with Gasteiger partial charge in [0.1, 0.15) is 6.04 Å². The van der Waals surface area contributed by atoms with Gasteiger partial charge in [-0.25, -0.2) is 8.42 Å².